The fraction of sp³-hybridized carbons (Fsp3) is 0.750. The lowest BCUT2D eigenvalue weighted by Gasteiger charge is -2.12. The van der Waals surface area contributed by atoms with Gasteiger partial charge in [-0.15, -0.1) is 0 Å². The zero-order valence-corrected chi connectivity index (χ0v) is 9.33. The molecule has 0 aliphatic heterocycles. The Hall–Kier alpha value is -0.790. The van der Waals surface area contributed by atoms with Crippen molar-refractivity contribution in [1.82, 2.24) is 0 Å². The maximum Gasteiger partial charge on any atom is 0.303 e. The van der Waals surface area contributed by atoms with E-state index >= 15 is 0 Å². The van der Waals surface area contributed by atoms with Crippen LogP contribution in [-0.4, -0.2) is 11.1 Å². The summed E-state index contributed by atoms with van der Waals surface area (Å²) in [5, 5.41) is 8.50. The monoisotopic (exact) mass is 198 g/mol. The molecular weight excluding hydrogens is 176 g/mol. The molecule has 0 fully saturated rings. The van der Waals surface area contributed by atoms with Crippen LogP contribution in [0.1, 0.15) is 52.4 Å². The molecule has 0 aromatic heterocycles. The maximum absolute atomic E-state index is 10.3. The lowest BCUT2D eigenvalue weighted by Crippen LogP contribution is -2.01. The molecule has 2 heteroatoms. The van der Waals surface area contributed by atoms with E-state index < -0.39 is 5.97 Å². The van der Waals surface area contributed by atoms with Gasteiger partial charge in [0.25, 0.3) is 0 Å². The first-order valence-corrected chi connectivity index (χ1v) is 5.53. The van der Waals surface area contributed by atoms with E-state index in [1.807, 2.05) is 6.92 Å². The van der Waals surface area contributed by atoms with E-state index in [2.05, 4.69) is 19.1 Å². The minimum absolute atomic E-state index is 0.320. The number of hydrogen-bond donors (Lipinski definition) is 1. The summed E-state index contributed by atoms with van der Waals surface area (Å²) in [5.41, 5.74) is 0. The first kappa shape index (κ1) is 13.2. The second kappa shape index (κ2) is 8.79. The highest BCUT2D eigenvalue weighted by atomic mass is 16.4. The molecule has 1 unspecified atom stereocenters. The minimum atomic E-state index is -0.673. The van der Waals surface area contributed by atoms with Crippen LogP contribution in [0.5, 0.6) is 0 Å². The van der Waals surface area contributed by atoms with E-state index in [1.54, 1.807) is 0 Å². The maximum atomic E-state index is 10.3. The third-order valence-corrected chi connectivity index (χ3v) is 2.56. The summed E-state index contributed by atoms with van der Waals surface area (Å²) in [4.78, 5) is 10.3. The highest BCUT2D eigenvalue weighted by Gasteiger charge is 2.06. The third kappa shape index (κ3) is 7.84. The average molecular weight is 198 g/mol. The molecule has 0 aliphatic rings. The number of carbonyl (C=O) groups is 1. The van der Waals surface area contributed by atoms with Crippen LogP contribution in [-0.2, 0) is 4.79 Å². The SMILES string of the molecule is CC=CCCC(CC)CCCC(=O)O. The predicted octanol–water partition coefficient (Wildman–Crippen LogP) is 3.62. The summed E-state index contributed by atoms with van der Waals surface area (Å²) < 4.78 is 0. The Labute approximate surface area is 87.0 Å². The molecule has 1 N–H and O–H groups in total. The number of hydrogen-bond acceptors (Lipinski definition) is 1. The number of rotatable bonds is 8. The van der Waals surface area contributed by atoms with E-state index in [4.69, 9.17) is 5.11 Å². The van der Waals surface area contributed by atoms with Crippen molar-refractivity contribution in [3.8, 4) is 0 Å². The molecule has 0 amide bonds. The molecule has 2 nitrogen and oxygen atoms in total. The molecule has 82 valence electrons. The molecule has 0 bridgehead atoms. The van der Waals surface area contributed by atoms with Crippen LogP contribution in [0.2, 0.25) is 0 Å². The molecule has 0 aromatic carbocycles. The standard InChI is InChI=1S/C12H22O2/c1-3-5-6-8-11(4-2)9-7-10-12(13)14/h3,5,11H,4,6-10H2,1-2H3,(H,13,14). The van der Waals surface area contributed by atoms with Crippen molar-refractivity contribution < 1.29 is 9.90 Å². The molecule has 14 heavy (non-hydrogen) atoms. The normalized spacial score (nSPS) is 13.3. The van der Waals surface area contributed by atoms with Gasteiger partial charge in [-0.25, -0.2) is 0 Å². The Bertz CT molecular complexity index is 173. The largest absolute Gasteiger partial charge is 0.481 e. The summed E-state index contributed by atoms with van der Waals surface area (Å²) in [6.07, 6.45) is 9.94. The Morgan fingerprint density at radius 2 is 2.14 bits per heavy atom. The number of aliphatic carboxylic acids is 1. The van der Waals surface area contributed by atoms with Gasteiger partial charge in [0.15, 0.2) is 0 Å². The zero-order valence-electron chi connectivity index (χ0n) is 9.33. The molecular formula is C12H22O2. The molecule has 1 atom stereocenters. The van der Waals surface area contributed by atoms with Gasteiger partial charge in [-0.2, -0.15) is 0 Å². The topological polar surface area (TPSA) is 37.3 Å². The second-order valence-electron chi connectivity index (χ2n) is 3.71. The zero-order chi connectivity index (χ0) is 10.8. The van der Waals surface area contributed by atoms with Crippen LogP contribution in [0.4, 0.5) is 0 Å². The first-order chi connectivity index (χ1) is 6.70. The summed E-state index contributed by atoms with van der Waals surface area (Å²) >= 11 is 0. The van der Waals surface area contributed by atoms with Crippen molar-refractivity contribution in [2.75, 3.05) is 0 Å². The summed E-state index contributed by atoms with van der Waals surface area (Å²) in [7, 11) is 0. The average Bonchev–Trinajstić information content (AvgIpc) is 2.15. The highest BCUT2D eigenvalue weighted by Crippen LogP contribution is 2.18. The Kier molecular flexibility index (Phi) is 8.30. The first-order valence-electron chi connectivity index (χ1n) is 5.53. The van der Waals surface area contributed by atoms with Crippen molar-refractivity contribution in [1.29, 1.82) is 0 Å². The van der Waals surface area contributed by atoms with Gasteiger partial charge in [0.2, 0.25) is 0 Å². The number of carboxylic acids is 1. The van der Waals surface area contributed by atoms with Gasteiger partial charge in [0.05, 0.1) is 0 Å². The van der Waals surface area contributed by atoms with Gasteiger partial charge in [0.1, 0.15) is 0 Å². The smallest absolute Gasteiger partial charge is 0.303 e. The van der Waals surface area contributed by atoms with E-state index in [9.17, 15) is 4.79 Å². The molecule has 0 saturated heterocycles. The molecule has 0 spiro atoms. The van der Waals surface area contributed by atoms with E-state index in [1.165, 1.54) is 6.42 Å². The molecule has 0 rings (SSSR count). The third-order valence-electron chi connectivity index (χ3n) is 2.56. The van der Waals surface area contributed by atoms with Gasteiger partial charge < -0.3 is 5.11 Å². The Morgan fingerprint density at radius 1 is 1.43 bits per heavy atom. The Morgan fingerprint density at radius 3 is 2.64 bits per heavy atom. The lowest BCUT2D eigenvalue weighted by atomic mass is 9.94. The quantitative estimate of drug-likeness (QED) is 0.605. The predicted molar refractivity (Wildman–Crippen MR) is 59.3 cm³/mol. The van der Waals surface area contributed by atoms with Gasteiger partial charge in [0, 0.05) is 6.42 Å². The molecule has 0 radical (unpaired) electrons. The summed E-state index contributed by atoms with van der Waals surface area (Å²) in [6.45, 7) is 4.21. The minimum Gasteiger partial charge on any atom is -0.481 e. The molecule has 0 saturated carbocycles. The van der Waals surface area contributed by atoms with Crippen molar-refractivity contribution in [2.45, 2.75) is 52.4 Å². The fourth-order valence-corrected chi connectivity index (χ4v) is 1.59. The molecule has 0 aromatic rings. The van der Waals surface area contributed by atoms with Crippen LogP contribution >= 0.6 is 0 Å². The van der Waals surface area contributed by atoms with Crippen molar-refractivity contribution in [2.24, 2.45) is 5.92 Å². The van der Waals surface area contributed by atoms with Crippen molar-refractivity contribution in [3.05, 3.63) is 12.2 Å². The summed E-state index contributed by atoms with van der Waals surface area (Å²) in [6, 6.07) is 0. The highest BCUT2D eigenvalue weighted by molar-refractivity contribution is 5.66. The van der Waals surface area contributed by atoms with Gasteiger partial charge in [-0.3, -0.25) is 4.79 Å². The van der Waals surface area contributed by atoms with Crippen molar-refractivity contribution in [3.63, 3.8) is 0 Å². The van der Waals surface area contributed by atoms with Crippen molar-refractivity contribution >= 4 is 5.97 Å². The number of allylic oxidation sites excluding steroid dienone is 2. The lowest BCUT2D eigenvalue weighted by molar-refractivity contribution is -0.137. The van der Waals surface area contributed by atoms with Gasteiger partial charge >= 0.3 is 5.97 Å². The van der Waals surface area contributed by atoms with Crippen LogP contribution in [0.3, 0.4) is 0 Å². The molecule has 0 aliphatic carbocycles. The van der Waals surface area contributed by atoms with Crippen LogP contribution < -0.4 is 0 Å². The van der Waals surface area contributed by atoms with E-state index in [-0.39, 0.29) is 0 Å². The second-order valence-corrected chi connectivity index (χ2v) is 3.71. The van der Waals surface area contributed by atoms with Gasteiger partial charge in [-0.1, -0.05) is 25.5 Å². The van der Waals surface area contributed by atoms with Crippen LogP contribution in [0.15, 0.2) is 12.2 Å². The van der Waals surface area contributed by atoms with E-state index in [0.717, 1.165) is 25.7 Å². The number of carboxylic acid groups (broad SMARTS) is 1. The van der Waals surface area contributed by atoms with Crippen LogP contribution in [0.25, 0.3) is 0 Å². The van der Waals surface area contributed by atoms with Gasteiger partial charge in [-0.05, 0) is 38.5 Å². The Balaban J connectivity index is 3.52. The molecule has 0 heterocycles. The fourth-order valence-electron chi connectivity index (χ4n) is 1.59. The van der Waals surface area contributed by atoms with E-state index in [0.29, 0.717) is 12.3 Å². The van der Waals surface area contributed by atoms with Crippen LogP contribution in [0, 0.1) is 5.92 Å². The summed E-state index contributed by atoms with van der Waals surface area (Å²) in [5.74, 6) is 0.0267.